The number of carboxylic acids is 1. The fourth-order valence-corrected chi connectivity index (χ4v) is 1.83. The molecular formula is C14H26NO4+. The predicted octanol–water partition coefficient (Wildman–Crippen LogP) is 1.83. The third-order valence-electron chi connectivity index (χ3n) is 2.97. The summed E-state index contributed by atoms with van der Waals surface area (Å²) in [6, 6.07) is 0. The molecule has 0 aliphatic heterocycles. The lowest BCUT2D eigenvalue weighted by molar-refractivity contribution is -0.890. The second-order valence-corrected chi connectivity index (χ2v) is 5.31. The highest BCUT2D eigenvalue weighted by Crippen LogP contribution is 2.06. The minimum atomic E-state index is -0.724. The molecule has 0 fully saturated rings. The Bertz CT molecular complexity index is 300. The van der Waals surface area contributed by atoms with Crippen molar-refractivity contribution in [2.75, 3.05) is 33.8 Å². The van der Waals surface area contributed by atoms with Gasteiger partial charge in [-0.25, -0.2) is 4.79 Å². The van der Waals surface area contributed by atoms with Gasteiger partial charge in [0.1, 0.15) is 0 Å². The van der Waals surface area contributed by atoms with Gasteiger partial charge in [0.15, 0.2) is 0 Å². The summed E-state index contributed by atoms with van der Waals surface area (Å²) >= 11 is 0. The van der Waals surface area contributed by atoms with E-state index in [2.05, 4.69) is 20.7 Å². The number of ether oxygens (including phenoxy) is 1. The summed E-state index contributed by atoms with van der Waals surface area (Å²) in [7, 11) is 4.26. The lowest BCUT2D eigenvalue weighted by Gasteiger charge is -2.29. The number of aliphatic carboxylic acids is 1. The Morgan fingerprint density at radius 1 is 1.16 bits per heavy atom. The molecule has 0 rings (SSSR count). The van der Waals surface area contributed by atoms with Crippen LogP contribution in [0.4, 0.5) is 0 Å². The molecule has 0 bridgehead atoms. The molecule has 0 saturated carbocycles. The summed E-state index contributed by atoms with van der Waals surface area (Å²) in [5.41, 5.74) is 0. The van der Waals surface area contributed by atoms with Crippen LogP contribution in [0.3, 0.4) is 0 Å². The van der Waals surface area contributed by atoms with Gasteiger partial charge < -0.3 is 14.3 Å². The maximum Gasteiger partial charge on any atom is 0.330 e. The van der Waals surface area contributed by atoms with Crippen LogP contribution in [-0.2, 0) is 14.3 Å². The number of esters is 1. The fourth-order valence-electron chi connectivity index (χ4n) is 1.83. The molecule has 1 N–H and O–H groups in total. The molecule has 0 saturated heterocycles. The first-order valence-corrected chi connectivity index (χ1v) is 6.70. The van der Waals surface area contributed by atoms with Crippen molar-refractivity contribution < 1.29 is 23.9 Å². The number of unbranched alkanes of at least 4 members (excludes halogenated alkanes) is 2. The highest BCUT2D eigenvalue weighted by Gasteiger charge is 2.14. The van der Waals surface area contributed by atoms with Gasteiger partial charge in [-0.2, -0.15) is 0 Å². The van der Waals surface area contributed by atoms with Crippen LogP contribution in [-0.4, -0.2) is 55.3 Å². The topological polar surface area (TPSA) is 63.6 Å². The number of rotatable bonds is 11. The Labute approximate surface area is 115 Å². The number of hydrogen-bond donors (Lipinski definition) is 1. The third-order valence-corrected chi connectivity index (χ3v) is 2.97. The van der Waals surface area contributed by atoms with Gasteiger partial charge in [0.25, 0.3) is 0 Å². The summed E-state index contributed by atoms with van der Waals surface area (Å²) in [6.07, 6.45) is 4.95. The SMILES string of the molecule is C=CC(=O)OCCC[N+](C)(C)CCCCCC(=O)O. The quantitative estimate of drug-likeness (QED) is 0.270. The van der Waals surface area contributed by atoms with Gasteiger partial charge in [-0.1, -0.05) is 6.58 Å². The van der Waals surface area contributed by atoms with E-state index in [1.165, 1.54) is 6.08 Å². The van der Waals surface area contributed by atoms with E-state index < -0.39 is 5.97 Å². The highest BCUT2D eigenvalue weighted by molar-refractivity contribution is 5.81. The van der Waals surface area contributed by atoms with E-state index >= 15 is 0 Å². The third kappa shape index (κ3) is 11.5. The zero-order valence-corrected chi connectivity index (χ0v) is 12.1. The lowest BCUT2D eigenvalue weighted by atomic mass is 10.2. The van der Waals surface area contributed by atoms with Crippen LogP contribution in [0.25, 0.3) is 0 Å². The first kappa shape index (κ1) is 17.6. The maximum atomic E-state index is 10.8. The molecule has 0 amide bonds. The van der Waals surface area contributed by atoms with Crippen molar-refractivity contribution in [2.45, 2.75) is 32.1 Å². The van der Waals surface area contributed by atoms with Crippen molar-refractivity contribution in [3.8, 4) is 0 Å². The molecule has 110 valence electrons. The molecule has 0 aliphatic carbocycles. The van der Waals surface area contributed by atoms with Crippen LogP contribution in [0.15, 0.2) is 12.7 Å². The van der Waals surface area contributed by atoms with Crippen LogP contribution in [0.2, 0.25) is 0 Å². The Morgan fingerprint density at radius 2 is 1.79 bits per heavy atom. The largest absolute Gasteiger partial charge is 0.481 e. The second-order valence-electron chi connectivity index (χ2n) is 5.31. The summed E-state index contributed by atoms with van der Waals surface area (Å²) in [5.74, 6) is -1.10. The van der Waals surface area contributed by atoms with E-state index in [9.17, 15) is 9.59 Å². The van der Waals surface area contributed by atoms with Crippen molar-refractivity contribution >= 4 is 11.9 Å². The average molecular weight is 272 g/mol. The lowest BCUT2D eigenvalue weighted by Crippen LogP contribution is -2.41. The summed E-state index contributed by atoms with van der Waals surface area (Å²) in [6.45, 7) is 5.70. The number of quaternary nitrogens is 1. The van der Waals surface area contributed by atoms with E-state index in [0.29, 0.717) is 6.61 Å². The van der Waals surface area contributed by atoms with E-state index in [1.54, 1.807) is 0 Å². The van der Waals surface area contributed by atoms with Crippen LogP contribution in [0.1, 0.15) is 32.1 Å². The predicted molar refractivity (Wildman–Crippen MR) is 73.7 cm³/mol. The Hall–Kier alpha value is -1.36. The normalized spacial score (nSPS) is 11.1. The van der Waals surface area contributed by atoms with Crippen LogP contribution in [0, 0.1) is 0 Å². The molecule has 0 radical (unpaired) electrons. The van der Waals surface area contributed by atoms with Gasteiger partial charge in [0, 0.05) is 18.9 Å². The first-order chi connectivity index (χ1) is 8.87. The number of carbonyl (C=O) groups excluding carboxylic acids is 1. The summed E-state index contributed by atoms with van der Waals surface area (Å²) in [5, 5.41) is 8.53. The standard InChI is InChI=1S/C14H25NO4/c1-4-14(18)19-12-8-11-15(2,3)10-7-5-6-9-13(16)17/h4H,1,5-12H2,2-3H3/p+1. The highest BCUT2D eigenvalue weighted by atomic mass is 16.5. The maximum absolute atomic E-state index is 10.8. The number of carboxylic acid groups (broad SMARTS) is 1. The fraction of sp³-hybridized carbons (Fsp3) is 0.714. The molecule has 0 spiro atoms. The van der Waals surface area contributed by atoms with E-state index in [4.69, 9.17) is 9.84 Å². The first-order valence-electron chi connectivity index (χ1n) is 6.70. The molecule has 0 unspecified atom stereocenters. The number of nitrogens with zero attached hydrogens (tertiary/aromatic N) is 1. The van der Waals surface area contributed by atoms with Crippen LogP contribution in [0.5, 0.6) is 0 Å². The Morgan fingerprint density at radius 3 is 2.37 bits per heavy atom. The van der Waals surface area contributed by atoms with Crippen molar-refractivity contribution in [3.05, 3.63) is 12.7 Å². The Kier molecular flexibility index (Phi) is 8.87. The summed E-state index contributed by atoms with van der Waals surface area (Å²) in [4.78, 5) is 21.2. The van der Waals surface area contributed by atoms with Gasteiger partial charge in [-0.15, -0.1) is 0 Å². The van der Waals surface area contributed by atoms with Crippen molar-refractivity contribution in [2.24, 2.45) is 0 Å². The Balaban J connectivity index is 3.59. The van der Waals surface area contributed by atoms with E-state index in [0.717, 1.165) is 43.3 Å². The average Bonchev–Trinajstić information content (AvgIpc) is 2.33. The van der Waals surface area contributed by atoms with Gasteiger partial charge in [0.05, 0.1) is 33.8 Å². The van der Waals surface area contributed by atoms with Crippen molar-refractivity contribution in [1.82, 2.24) is 0 Å². The van der Waals surface area contributed by atoms with Gasteiger partial charge in [-0.05, 0) is 19.3 Å². The smallest absolute Gasteiger partial charge is 0.330 e. The molecule has 0 aromatic carbocycles. The zero-order chi connectivity index (χ0) is 14.7. The number of hydrogen-bond acceptors (Lipinski definition) is 3. The minimum absolute atomic E-state index is 0.255. The monoisotopic (exact) mass is 272 g/mol. The number of carbonyl (C=O) groups is 2. The molecule has 0 aromatic heterocycles. The molecule has 19 heavy (non-hydrogen) atoms. The summed E-state index contributed by atoms with van der Waals surface area (Å²) < 4.78 is 5.78. The molecular weight excluding hydrogens is 246 g/mol. The molecule has 0 atom stereocenters. The van der Waals surface area contributed by atoms with Crippen molar-refractivity contribution in [1.29, 1.82) is 0 Å². The molecule has 5 nitrogen and oxygen atoms in total. The molecule has 5 heteroatoms. The molecule has 0 aromatic rings. The molecule has 0 heterocycles. The van der Waals surface area contributed by atoms with Crippen LogP contribution >= 0.6 is 0 Å². The van der Waals surface area contributed by atoms with Gasteiger partial charge in [0.2, 0.25) is 0 Å². The molecule has 0 aliphatic rings. The van der Waals surface area contributed by atoms with E-state index in [1.807, 2.05) is 0 Å². The van der Waals surface area contributed by atoms with E-state index in [-0.39, 0.29) is 12.4 Å². The van der Waals surface area contributed by atoms with Crippen LogP contribution < -0.4 is 0 Å². The second kappa shape index (κ2) is 9.55. The minimum Gasteiger partial charge on any atom is -0.481 e. The zero-order valence-electron chi connectivity index (χ0n) is 12.1. The van der Waals surface area contributed by atoms with Gasteiger partial charge in [-0.3, -0.25) is 4.79 Å². The van der Waals surface area contributed by atoms with Crippen molar-refractivity contribution in [3.63, 3.8) is 0 Å². The van der Waals surface area contributed by atoms with Gasteiger partial charge >= 0.3 is 11.9 Å².